The third-order valence-electron chi connectivity index (χ3n) is 3.89. The molecule has 1 atom stereocenters. The number of anilines is 1. The highest BCUT2D eigenvalue weighted by Crippen LogP contribution is 2.26. The van der Waals surface area contributed by atoms with Crippen LogP contribution in [-0.2, 0) is 0 Å². The van der Waals surface area contributed by atoms with Gasteiger partial charge in [-0.3, -0.25) is 10.1 Å². The van der Waals surface area contributed by atoms with Crippen LogP contribution in [0.4, 0.5) is 15.8 Å². The highest BCUT2D eigenvalue weighted by atomic mass is 19.1. The summed E-state index contributed by atoms with van der Waals surface area (Å²) >= 11 is 0. The summed E-state index contributed by atoms with van der Waals surface area (Å²) in [6.45, 7) is 6.81. The molecule has 1 saturated heterocycles. The molecule has 1 N–H and O–H groups in total. The molecule has 1 fully saturated rings. The third kappa shape index (κ3) is 4.14. The topological polar surface area (TPSA) is 58.4 Å². The highest BCUT2D eigenvalue weighted by Gasteiger charge is 2.21. The van der Waals surface area contributed by atoms with E-state index in [4.69, 9.17) is 0 Å². The van der Waals surface area contributed by atoms with Gasteiger partial charge in [0.25, 0.3) is 5.69 Å². The van der Waals surface area contributed by atoms with Crippen LogP contribution in [0.3, 0.4) is 0 Å². The number of hydrogen-bond donors (Lipinski definition) is 1. The second kappa shape index (κ2) is 6.85. The summed E-state index contributed by atoms with van der Waals surface area (Å²) in [6, 6.07) is 3.96. The van der Waals surface area contributed by atoms with E-state index in [0.29, 0.717) is 11.6 Å². The molecule has 6 heteroatoms. The molecule has 1 heterocycles. The van der Waals surface area contributed by atoms with E-state index in [1.165, 1.54) is 12.1 Å². The van der Waals surface area contributed by atoms with E-state index in [-0.39, 0.29) is 11.7 Å². The summed E-state index contributed by atoms with van der Waals surface area (Å²) in [5, 5.41) is 14.3. The van der Waals surface area contributed by atoms with Crippen LogP contribution >= 0.6 is 0 Å². The molecule has 1 aromatic carbocycles. The van der Waals surface area contributed by atoms with Crippen LogP contribution in [0.2, 0.25) is 0 Å². The maximum absolute atomic E-state index is 13.6. The van der Waals surface area contributed by atoms with Crippen molar-refractivity contribution in [3.05, 3.63) is 34.1 Å². The average molecular weight is 295 g/mol. The lowest BCUT2D eigenvalue weighted by Gasteiger charge is -2.34. The average Bonchev–Trinajstić information content (AvgIpc) is 2.44. The van der Waals surface area contributed by atoms with E-state index >= 15 is 0 Å². The van der Waals surface area contributed by atoms with E-state index in [1.807, 2.05) is 18.7 Å². The molecule has 1 aliphatic heterocycles. The molecular formula is C15H22FN3O2. The largest absolute Gasteiger partial charge is 0.368 e. The maximum atomic E-state index is 13.6. The van der Waals surface area contributed by atoms with Gasteiger partial charge in [-0.15, -0.1) is 0 Å². The van der Waals surface area contributed by atoms with Gasteiger partial charge in [-0.2, -0.15) is 0 Å². The first-order valence-corrected chi connectivity index (χ1v) is 7.39. The Kier molecular flexibility index (Phi) is 5.12. The number of rotatable bonds is 5. The second-order valence-corrected chi connectivity index (χ2v) is 5.88. The number of nitrogens with zero attached hydrogens (tertiary/aromatic N) is 2. The summed E-state index contributed by atoms with van der Waals surface area (Å²) in [5.74, 6) is -0.0740. The van der Waals surface area contributed by atoms with Gasteiger partial charge in [-0.1, -0.05) is 0 Å². The lowest BCUT2D eigenvalue weighted by molar-refractivity contribution is -0.385. The minimum Gasteiger partial charge on any atom is -0.368 e. The Labute approximate surface area is 124 Å². The predicted molar refractivity (Wildman–Crippen MR) is 81.1 cm³/mol. The minimum atomic E-state index is -0.563. The van der Waals surface area contributed by atoms with Crippen molar-refractivity contribution in [3.63, 3.8) is 0 Å². The second-order valence-electron chi connectivity index (χ2n) is 5.88. The molecule has 2 rings (SSSR count). The van der Waals surface area contributed by atoms with Gasteiger partial charge in [-0.05, 0) is 51.8 Å². The normalized spacial score (nSPS) is 18.8. The van der Waals surface area contributed by atoms with Crippen LogP contribution in [0.15, 0.2) is 18.2 Å². The van der Waals surface area contributed by atoms with E-state index in [9.17, 15) is 14.5 Å². The Morgan fingerprint density at radius 1 is 1.48 bits per heavy atom. The number of non-ortho nitro benzene ring substituents is 1. The lowest BCUT2D eigenvalue weighted by atomic mass is 9.98. The molecule has 0 spiro atoms. The minimum absolute atomic E-state index is 0.160. The van der Waals surface area contributed by atoms with Crippen molar-refractivity contribution >= 4 is 11.4 Å². The number of halogens is 1. The van der Waals surface area contributed by atoms with Crippen molar-refractivity contribution in [2.75, 3.05) is 24.5 Å². The maximum Gasteiger partial charge on any atom is 0.274 e. The first kappa shape index (κ1) is 15.7. The van der Waals surface area contributed by atoms with Crippen molar-refractivity contribution < 1.29 is 9.31 Å². The van der Waals surface area contributed by atoms with Gasteiger partial charge in [0.05, 0.1) is 11.0 Å². The molecule has 1 aliphatic rings. The standard InChI is InChI=1S/C15H22FN3O2/c1-11(2)18(10-12-4-3-5-17-9-12)14-6-13(16)7-15(8-14)19(20)21/h6-8,11-12,17H,3-5,9-10H2,1-2H3. The fraction of sp³-hybridized carbons (Fsp3) is 0.600. The van der Waals surface area contributed by atoms with Gasteiger partial charge in [0.15, 0.2) is 0 Å². The number of piperidine rings is 1. The smallest absolute Gasteiger partial charge is 0.274 e. The first-order chi connectivity index (χ1) is 9.97. The zero-order valence-electron chi connectivity index (χ0n) is 12.5. The summed E-state index contributed by atoms with van der Waals surface area (Å²) < 4.78 is 13.6. The molecule has 1 aromatic rings. The molecule has 1 unspecified atom stereocenters. The van der Waals surface area contributed by atoms with Crippen molar-refractivity contribution in [2.24, 2.45) is 5.92 Å². The number of benzene rings is 1. The quantitative estimate of drug-likeness (QED) is 0.670. The van der Waals surface area contributed by atoms with E-state index in [0.717, 1.165) is 38.5 Å². The number of nitrogens with one attached hydrogen (secondary N) is 1. The van der Waals surface area contributed by atoms with Crippen molar-refractivity contribution in [3.8, 4) is 0 Å². The summed E-state index contributed by atoms with van der Waals surface area (Å²) in [4.78, 5) is 12.4. The molecule has 0 aromatic heterocycles. The Bertz CT molecular complexity index is 502. The van der Waals surface area contributed by atoms with Crippen LogP contribution < -0.4 is 10.2 Å². The van der Waals surface area contributed by atoms with Crippen LogP contribution in [0, 0.1) is 21.8 Å². The zero-order chi connectivity index (χ0) is 15.4. The van der Waals surface area contributed by atoms with Gasteiger partial charge in [0.2, 0.25) is 0 Å². The molecule has 0 radical (unpaired) electrons. The molecule has 0 saturated carbocycles. The Hall–Kier alpha value is -1.69. The van der Waals surface area contributed by atoms with Crippen LogP contribution in [-0.4, -0.2) is 30.6 Å². The number of nitro benzene ring substituents is 1. The molecule has 0 amide bonds. The number of nitro groups is 1. The third-order valence-corrected chi connectivity index (χ3v) is 3.89. The number of hydrogen-bond acceptors (Lipinski definition) is 4. The Balaban J connectivity index is 2.22. The van der Waals surface area contributed by atoms with Gasteiger partial charge in [0.1, 0.15) is 5.82 Å². The summed E-state index contributed by atoms with van der Waals surface area (Å²) in [5.41, 5.74) is 0.389. The van der Waals surface area contributed by atoms with Gasteiger partial charge < -0.3 is 10.2 Å². The van der Waals surface area contributed by atoms with Crippen molar-refractivity contribution in [1.82, 2.24) is 5.32 Å². The fourth-order valence-corrected chi connectivity index (χ4v) is 2.80. The van der Waals surface area contributed by atoms with Crippen LogP contribution in [0.1, 0.15) is 26.7 Å². The Morgan fingerprint density at radius 3 is 2.81 bits per heavy atom. The predicted octanol–water partition coefficient (Wildman–Crippen LogP) is 2.95. The van der Waals surface area contributed by atoms with E-state index in [1.54, 1.807) is 0 Å². The van der Waals surface area contributed by atoms with Gasteiger partial charge in [-0.25, -0.2) is 4.39 Å². The zero-order valence-corrected chi connectivity index (χ0v) is 12.5. The molecule has 0 bridgehead atoms. The van der Waals surface area contributed by atoms with Crippen LogP contribution in [0.25, 0.3) is 0 Å². The molecular weight excluding hydrogens is 273 g/mol. The summed E-state index contributed by atoms with van der Waals surface area (Å²) in [6.07, 6.45) is 2.27. The highest BCUT2D eigenvalue weighted by molar-refractivity contribution is 5.54. The fourth-order valence-electron chi connectivity index (χ4n) is 2.80. The Morgan fingerprint density at radius 2 is 2.24 bits per heavy atom. The van der Waals surface area contributed by atoms with Crippen LogP contribution in [0.5, 0.6) is 0 Å². The van der Waals surface area contributed by atoms with Gasteiger partial charge in [0, 0.05) is 24.3 Å². The summed E-state index contributed by atoms with van der Waals surface area (Å²) in [7, 11) is 0. The first-order valence-electron chi connectivity index (χ1n) is 7.39. The lowest BCUT2D eigenvalue weighted by Crippen LogP contribution is -2.41. The SMILES string of the molecule is CC(C)N(CC1CCCNC1)c1cc(F)cc([N+](=O)[O-])c1. The molecule has 21 heavy (non-hydrogen) atoms. The molecule has 116 valence electrons. The van der Waals surface area contributed by atoms with E-state index < -0.39 is 10.7 Å². The van der Waals surface area contributed by atoms with Gasteiger partial charge >= 0.3 is 0 Å². The van der Waals surface area contributed by atoms with E-state index in [2.05, 4.69) is 5.32 Å². The van der Waals surface area contributed by atoms with Crippen molar-refractivity contribution in [2.45, 2.75) is 32.7 Å². The monoisotopic (exact) mass is 295 g/mol. The van der Waals surface area contributed by atoms with Crippen molar-refractivity contribution in [1.29, 1.82) is 0 Å². The molecule has 5 nitrogen and oxygen atoms in total. The molecule has 0 aliphatic carbocycles.